The van der Waals surface area contributed by atoms with Gasteiger partial charge in [-0.25, -0.2) is 0 Å². The molecule has 17 heavy (non-hydrogen) atoms. The number of rotatable bonds is 4. The van der Waals surface area contributed by atoms with Crippen LogP contribution in [0, 0.1) is 0 Å². The van der Waals surface area contributed by atoms with Gasteiger partial charge < -0.3 is 20.3 Å². The van der Waals surface area contributed by atoms with Gasteiger partial charge in [-0.2, -0.15) is 0 Å². The molecule has 1 aromatic carbocycles. The maximum Gasteiger partial charge on any atom is 0.179 e. The van der Waals surface area contributed by atoms with Crippen molar-refractivity contribution in [3.8, 4) is 17.2 Å². The number of aromatic hydroxyl groups is 1. The third-order valence-corrected chi connectivity index (χ3v) is 3.51. The molecule has 0 atom stereocenters. The molecule has 0 spiro atoms. The number of halogens is 1. The fraction of sp³-hybridized carbons (Fsp3) is 0.500. The third kappa shape index (κ3) is 2.28. The zero-order valence-electron chi connectivity index (χ0n) is 9.92. The Morgan fingerprint density at radius 2 is 2.06 bits per heavy atom. The van der Waals surface area contributed by atoms with Crippen molar-refractivity contribution < 1.29 is 14.6 Å². The molecule has 2 rings (SSSR count). The van der Waals surface area contributed by atoms with Crippen molar-refractivity contribution in [3.05, 3.63) is 16.7 Å². The highest BCUT2D eigenvalue weighted by molar-refractivity contribution is 6.33. The van der Waals surface area contributed by atoms with Crippen LogP contribution in [0.25, 0.3) is 0 Å². The summed E-state index contributed by atoms with van der Waals surface area (Å²) in [5, 5.41) is 10.3. The van der Waals surface area contributed by atoms with E-state index in [0.29, 0.717) is 28.5 Å². The van der Waals surface area contributed by atoms with E-state index in [9.17, 15) is 5.11 Å². The Hall–Kier alpha value is -1.13. The standard InChI is InChI=1S/C12H16ClNO3/c1-16-9-5-8(15)7(6-12(14)3-4-12)10(13)11(9)17-2/h5,15H,3-4,6,14H2,1-2H3. The van der Waals surface area contributed by atoms with Crippen LogP contribution in [-0.4, -0.2) is 24.9 Å². The molecular weight excluding hydrogens is 242 g/mol. The molecule has 0 aromatic heterocycles. The summed E-state index contributed by atoms with van der Waals surface area (Å²) in [6.07, 6.45) is 2.46. The largest absolute Gasteiger partial charge is 0.507 e. The molecule has 3 N–H and O–H groups in total. The second-order valence-electron chi connectivity index (χ2n) is 4.46. The highest BCUT2D eigenvalue weighted by atomic mass is 35.5. The van der Waals surface area contributed by atoms with E-state index < -0.39 is 0 Å². The summed E-state index contributed by atoms with van der Waals surface area (Å²) in [4.78, 5) is 0. The predicted molar refractivity (Wildman–Crippen MR) is 66.1 cm³/mol. The van der Waals surface area contributed by atoms with E-state index in [1.807, 2.05) is 0 Å². The Morgan fingerprint density at radius 1 is 1.41 bits per heavy atom. The normalized spacial score (nSPS) is 16.7. The van der Waals surface area contributed by atoms with Gasteiger partial charge in [0.2, 0.25) is 0 Å². The molecule has 0 heterocycles. The summed E-state index contributed by atoms with van der Waals surface area (Å²) in [5.41, 5.74) is 6.44. The number of phenols is 1. The van der Waals surface area contributed by atoms with Gasteiger partial charge in [-0.05, 0) is 19.3 Å². The van der Waals surface area contributed by atoms with Crippen molar-refractivity contribution in [2.45, 2.75) is 24.8 Å². The monoisotopic (exact) mass is 257 g/mol. The van der Waals surface area contributed by atoms with E-state index in [1.54, 1.807) is 0 Å². The number of nitrogens with two attached hydrogens (primary N) is 1. The quantitative estimate of drug-likeness (QED) is 0.867. The van der Waals surface area contributed by atoms with Gasteiger partial charge in [-0.1, -0.05) is 11.6 Å². The first-order chi connectivity index (χ1) is 8.00. The molecule has 1 aliphatic rings. The molecule has 0 bridgehead atoms. The van der Waals surface area contributed by atoms with Crippen molar-refractivity contribution in [2.24, 2.45) is 5.73 Å². The highest BCUT2D eigenvalue weighted by Crippen LogP contribution is 2.46. The fourth-order valence-corrected chi connectivity index (χ4v) is 2.17. The summed E-state index contributed by atoms with van der Waals surface area (Å²) in [6, 6.07) is 1.51. The minimum absolute atomic E-state index is 0.101. The predicted octanol–water partition coefficient (Wildman–Crippen LogP) is 2.10. The van der Waals surface area contributed by atoms with E-state index in [-0.39, 0.29) is 11.3 Å². The van der Waals surface area contributed by atoms with Gasteiger partial charge >= 0.3 is 0 Å². The maximum absolute atomic E-state index is 9.94. The van der Waals surface area contributed by atoms with E-state index in [1.165, 1.54) is 20.3 Å². The Labute approximate surface area is 105 Å². The number of methoxy groups -OCH3 is 2. The Kier molecular flexibility index (Phi) is 3.10. The number of ether oxygens (including phenoxy) is 2. The van der Waals surface area contributed by atoms with E-state index in [0.717, 1.165) is 12.8 Å². The third-order valence-electron chi connectivity index (χ3n) is 3.11. The van der Waals surface area contributed by atoms with E-state index >= 15 is 0 Å². The van der Waals surface area contributed by atoms with Crippen LogP contribution in [0.15, 0.2) is 6.07 Å². The highest BCUT2D eigenvalue weighted by Gasteiger charge is 2.39. The Morgan fingerprint density at radius 3 is 2.53 bits per heavy atom. The van der Waals surface area contributed by atoms with Gasteiger partial charge in [-0.15, -0.1) is 0 Å². The molecule has 0 radical (unpaired) electrons. The van der Waals surface area contributed by atoms with Crippen molar-refractivity contribution in [2.75, 3.05) is 14.2 Å². The van der Waals surface area contributed by atoms with E-state index in [4.69, 9.17) is 26.8 Å². The van der Waals surface area contributed by atoms with Gasteiger partial charge in [0.05, 0.1) is 19.2 Å². The SMILES string of the molecule is COc1cc(O)c(CC2(N)CC2)c(Cl)c1OC. The average molecular weight is 258 g/mol. The van der Waals surface area contributed by atoms with Crippen molar-refractivity contribution >= 4 is 11.6 Å². The molecule has 1 aliphatic carbocycles. The molecule has 0 amide bonds. The Balaban J connectivity index is 2.44. The van der Waals surface area contributed by atoms with Crippen LogP contribution < -0.4 is 15.2 Å². The van der Waals surface area contributed by atoms with Crippen LogP contribution in [0.1, 0.15) is 18.4 Å². The molecular formula is C12H16ClNO3. The molecule has 94 valence electrons. The van der Waals surface area contributed by atoms with E-state index in [2.05, 4.69) is 0 Å². The molecule has 1 saturated carbocycles. The number of phenolic OH excluding ortho intramolecular Hbond substituents is 1. The summed E-state index contributed by atoms with van der Waals surface area (Å²) in [5.74, 6) is 0.955. The molecule has 1 aromatic rings. The topological polar surface area (TPSA) is 64.7 Å². The first-order valence-corrected chi connectivity index (χ1v) is 5.80. The zero-order chi connectivity index (χ0) is 12.6. The lowest BCUT2D eigenvalue weighted by Crippen LogP contribution is -2.24. The van der Waals surface area contributed by atoms with Crippen molar-refractivity contribution in [1.29, 1.82) is 0 Å². The van der Waals surface area contributed by atoms with Gasteiger partial charge in [0.1, 0.15) is 5.75 Å². The lowest BCUT2D eigenvalue weighted by Gasteiger charge is -2.16. The molecule has 0 aliphatic heterocycles. The van der Waals surface area contributed by atoms with Crippen LogP contribution in [0.4, 0.5) is 0 Å². The summed E-state index contributed by atoms with van der Waals surface area (Å²) in [6.45, 7) is 0. The van der Waals surface area contributed by atoms with Crippen LogP contribution in [0.3, 0.4) is 0 Å². The smallest absolute Gasteiger partial charge is 0.179 e. The van der Waals surface area contributed by atoms with Crippen LogP contribution in [-0.2, 0) is 6.42 Å². The van der Waals surface area contributed by atoms with Gasteiger partial charge in [0, 0.05) is 17.2 Å². The molecule has 1 fully saturated rings. The zero-order valence-corrected chi connectivity index (χ0v) is 10.7. The van der Waals surface area contributed by atoms with Crippen molar-refractivity contribution in [3.63, 3.8) is 0 Å². The molecule has 4 nitrogen and oxygen atoms in total. The van der Waals surface area contributed by atoms with Crippen molar-refractivity contribution in [1.82, 2.24) is 0 Å². The average Bonchev–Trinajstić information content (AvgIpc) is 3.02. The number of benzene rings is 1. The minimum Gasteiger partial charge on any atom is -0.507 e. The lowest BCUT2D eigenvalue weighted by molar-refractivity contribution is 0.350. The number of hydrogen-bond acceptors (Lipinski definition) is 4. The van der Waals surface area contributed by atoms with Gasteiger partial charge in [0.25, 0.3) is 0 Å². The first-order valence-electron chi connectivity index (χ1n) is 5.42. The second kappa shape index (κ2) is 4.27. The van der Waals surface area contributed by atoms with Gasteiger partial charge in [-0.3, -0.25) is 0 Å². The summed E-state index contributed by atoms with van der Waals surface area (Å²) < 4.78 is 10.3. The molecule has 0 unspecified atom stereocenters. The van der Waals surface area contributed by atoms with Crippen LogP contribution in [0.2, 0.25) is 5.02 Å². The fourth-order valence-electron chi connectivity index (χ4n) is 1.83. The minimum atomic E-state index is -0.222. The maximum atomic E-state index is 9.94. The summed E-state index contributed by atoms with van der Waals surface area (Å²) >= 11 is 6.21. The first kappa shape index (κ1) is 12.3. The molecule has 0 saturated heterocycles. The van der Waals surface area contributed by atoms with Crippen LogP contribution >= 0.6 is 11.6 Å². The molecule has 5 heteroatoms. The number of hydrogen-bond donors (Lipinski definition) is 2. The summed E-state index contributed by atoms with van der Waals surface area (Å²) in [7, 11) is 3.01. The van der Waals surface area contributed by atoms with Gasteiger partial charge in [0.15, 0.2) is 11.5 Å². The van der Waals surface area contributed by atoms with Crippen LogP contribution in [0.5, 0.6) is 17.2 Å². The lowest BCUT2D eigenvalue weighted by atomic mass is 10.0. The second-order valence-corrected chi connectivity index (χ2v) is 4.84. The Bertz CT molecular complexity index is 444.